The Labute approximate surface area is 151 Å². The molecular weight excluding hydrogens is 358 g/mol. The zero-order valence-electron chi connectivity index (χ0n) is 13.8. The lowest BCUT2D eigenvalue weighted by molar-refractivity contribution is -0.137. The Morgan fingerprint density at radius 3 is 2.26 bits per heavy atom. The number of carboxylic acids is 1. The van der Waals surface area contributed by atoms with Crippen molar-refractivity contribution in [1.82, 2.24) is 0 Å². The molecule has 2 aromatic carbocycles. The van der Waals surface area contributed by atoms with Gasteiger partial charge in [0.25, 0.3) is 0 Å². The number of nitrogens with one attached hydrogen (secondary N) is 1. The predicted molar refractivity (Wildman–Crippen MR) is 95.3 cm³/mol. The quantitative estimate of drug-likeness (QED) is 0.247. The van der Waals surface area contributed by atoms with Crippen molar-refractivity contribution in [1.29, 1.82) is 0 Å². The summed E-state index contributed by atoms with van der Waals surface area (Å²) in [4.78, 5) is 34.5. The van der Waals surface area contributed by atoms with E-state index in [-0.39, 0.29) is 46.2 Å². The number of phenolic OH excluding ortho intramolecular Hbond substituents is 3. The number of aliphatic carboxylic acids is 1. The number of fused-ring (bicyclic) bond motifs is 2. The molecule has 1 heterocycles. The highest BCUT2D eigenvalue weighted by Gasteiger charge is 2.16. The standard InChI is InChI=1S/C18H15NO8/c20-7-8(1-2-17(24)25)19-11-3-9-15(5-12(11)21)27-16-6-14(23)13(22)4-10(16)18(9)26/h3-8,19,21-23H,1-2H2,(H,24,25)/t8-/m1/s1. The lowest BCUT2D eigenvalue weighted by atomic mass is 10.1. The summed E-state index contributed by atoms with van der Waals surface area (Å²) in [6.45, 7) is 0. The van der Waals surface area contributed by atoms with E-state index in [0.717, 1.165) is 12.1 Å². The van der Waals surface area contributed by atoms with E-state index in [0.29, 0.717) is 6.29 Å². The summed E-state index contributed by atoms with van der Waals surface area (Å²) < 4.78 is 5.50. The van der Waals surface area contributed by atoms with E-state index in [2.05, 4.69) is 5.32 Å². The number of carbonyl (C=O) groups is 2. The van der Waals surface area contributed by atoms with Gasteiger partial charge in [0.15, 0.2) is 11.5 Å². The highest BCUT2D eigenvalue weighted by molar-refractivity contribution is 5.94. The van der Waals surface area contributed by atoms with Crippen LogP contribution in [0.4, 0.5) is 5.69 Å². The molecule has 3 aromatic rings. The predicted octanol–water partition coefficient (Wildman–Crippen LogP) is 1.91. The van der Waals surface area contributed by atoms with Crippen LogP contribution in [0.2, 0.25) is 0 Å². The molecule has 5 N–H and O–H groups in total. The molecule has 0 fully saturated rings. The Morgan fingerprint density at radius 2 is 1.63 bits per heavy atom. The van der Waals surface area contributed by atoms with Gasteiger partial charge in [0, 0.05) is 18.6 Å². The largest absolute Gasteiger partial charge is 0.506 e. The van der Waals surface area contributed by atoms with Crippen molar-refractivity contribution in [3.05, 3.63) is 34.5 Å². The summed E-state index contributed by atoms with van der Waals surface area (Å²) in [5.41, 5.74) is -0.401. The molecule has 1 atom stereocenters. The highest BCUT2D eigenvalue weighted by atomic mass is 16.4. The summed E-state index contributed by atoms with van der Waals surface area (Å²) in [6, 6.07) is 3.72. The molecule has 0 unspecified atom stereocenters. The fraction of sp³-hybridized carbons (Fsp3) is 0.167. The number of carboxylic acid groups (broad SMARTS) is 1. The molecular formula is C18H15NO8. The number of rotatable bonds is 6. The van der Waals surface area contributed by atoms with Gasteiger partial charge in [-0.1, -0.05) is 0 Å². The van der Waals surface area contributed by atoms with Crippen molar-refractivity contribution < 1.29 is 34.4 Å². The molecule has 0 saturated carbocycles. The van der Waals surface area contributed by atoms with Crippen LogP contribution in [-0.4, -0.2) is 38.7 Å². The van der Waals surface area contributed by atoms with E-state index < -0.39 is 28.9 Å². The van der Waals surface area contributed by atoms with Gasteiger partial charge in [-0.15, -0.1) is 0 Å². The second-order valence-corrected chi connectivity index (χ2v) is 5.95. The minimum atomic E-state index is -1.07. The average molecular weight is 373 g/mol. The first-order valence-electron chi connectivity index (χ1n) is 7.89. The molecule has 140 valence electrons. The van der Waals surface area contributed by atoms with E-state index in [9.17, 15) is 29.7 Å². The van der Waals surface area contributed by atoms with Gasteiger partial charge in [0.05, 0.1) is 22.5 Å². The van der Waals surface area contributed by atoms with Gasteiger partial charge in [-0.2, -0.15) is 0 Å². The smallest absolute Gasteiger partial charge is 0.303 e. The first kappa shape index (κ1) is 18.1. The van der Waals surface area contributed by atoms with Crippen LogP contribution in [0.5, 0.6) is 17.2 Å². The normalized spacial score (nSPS) is 12.1. The topological polar surface area (TPSA) is 157 Å². The number of anilines is 1. The summed E-state index contributed by atoms with van der Waals surface area (Å²) in [7, 11) is 0. The Bertz CT molecular complexity index is 1120. The fourth-order valence-corrected chi connectivity index (χ4v) is 2.68. The minimum Gasteiger partial charge on any atom is -0.506 e. The minimum absolute atomic E-state index is 0.00418. The lowest BCUT2D eigenvalue weighted by Crippen LogP contribution is -2.22. The molecule has 0 saturated heterocycles. The van der Waals surface area contributed by atoms with Gasteiger partial charge in [0.2, 0.25) is 5.43 Å². The van der Waals surface area contributed by atoms with Gasteiger partial charge < -0.3 is 35.0 Å². The highest BCUT2D eigenvalue weighted by Crippen LogP contribution is 2.33. The fourth-order valence-electron chi connectivity index (χ4n) is 2.68. The maximum absolute atomic E-state index is 12.7. The molecule has 0 aliphatic carbocycles. The zero-order valence-corrected chi connectivity index (χ0v) is 13.8. The molecule has 0 aliphatic heterocycles. The molecule has 0 spiro atoms. The van der Waals surface area contributed by atoms with Crippen molar-refractivity contribution >= 4 is 39.9 Å². The van der Waals surface area contributed by atoms with Crippen LogP contribution < -0.4 is 10.7 Å². The number of hydrogen-bond donors (Lipinski definition) is 5. The summed E-state index contributed by atoms with van der Waals surface area (Å²) >= 11 is 0. The van der Waals surface area contributed by atoms with Crippen LogP contribution in [0.3, 0.4) is 0 Å². The van der Waals surface area contributed by atoms with Crippen molar-refractivity contribution in [2.24, 2.45) is 0 Å². The van der Waals surface area contributed by atoms with Gasteiger partial charge in [-0.3, -0.25) is 9.59 Å². The van der Waals surface area contributed by atoms with Gasteiger partial charge in [-0.05, 0) is 18.6 Å². The van der Waals surface area contributed by atoms with Crippen LogP contribution in [0.25, 0.3) is 21.9 Å². The first-order valence-corrected chi connectivity index (χ1v) is 7.89. The Balaban J connectivity index is 2.09. The summed E-state index contributed by atoms with van der Waals surface area (Å²) in [6.07, 6.45) is 0.256. The molecule has 0 aliphatic rings. The first-order chi connectivity index (χ1) is 12.8. The molecule has 1 aromatic heterocycles. The third-order valence-electron chi connectivity index (χ3n) is 4.06. The monoisotopic (exact) mass is 373 g/mol. The molecule has 9 heteroatoms. The van der Waals surface area contributed by atoms with Crippen molar-refractivity contribution in [2.45, 2.75) is 18.9 Å². The second kappa shape index (κ2) is 6.87. The Kier molecular flexibility index (Phi) is 4.59. The second-order valence-electron chi connectivity index (χ2n) is 5.95. The van der Waals surface area contributed by atoms with Crippen molar-refractivity contribution in [3.8, 4) is 17.2 Å². The molecule has 0 bridgehead atoms. The Morgan fingerprint density at radius 1 is 1.04 bits per heavy atom. The van der Waals surface area contributed by atoms with Crippen molar-refractivity contribution in [3.63, 3.8) is 0 Å². The van der Waals surface area contributed by atoms with Crippen molar-refractivity contribution in [2.75, 3.05) is 5.32 Å². The van der Waals surface area contributed by atoms with Crippen LogP contribution >= 0.6 is 0 Å². The van der Waals surface area contributed by atoms with E-state index in [1.54, 1.807) is 0 Å². The zero-order chi connectivity index (χ0) is 19.7. The van der Waals surface area contributed by atoms with Crippen LogP contribution in [0, 0.1) is 0 Å². The van der Waals surface area contributed by atoms with Gasteiger partial charge in [-0.25, -0.2) is 0 Å². The van der Waals surface area contributed by atoms with E-state index in [1.165, 1.54) is 12.1 Å². The average Bonchev–Trinajstić information content (AvgIpc) is 2.61. The third kappa shape index (κ3) is 3.47. The molecule has 0 radical (unpaired) electrons. The van der Waals surface area contributed by atoms with E-state index in [1.807, 2.05) is 0 Å². The van der Waals surface area contributed by atoms with Gasteiger partial charge >= 0.3 is 5.97 Å². The maximum atomic E-state index is 12.7. The number of carbonyl (C=O) groups excluding carboxylic acids is 1. The summed E-state index contributed by atoms with van der Waals surface area (Å²) in [5, 5.41) is 40.8. The number of benzene rings is 2. The number of hydrogen-bond acceptors (Lipinski definition) is 8. The van der Waals surface area contributed by atoms with Crippen LogP contribution in [-0.2, 0) is 9.59 Å². The van der Waals surface area contributed by atoms with Gasteiger partial charge in [0.1, 0.15) is 23.2 Å². The lowest BCUT2D eigenvalue weighted by Gasteiger charge is -2.15. The third-order valence-corrected chi connectivity index (χ3v) is 4.06. The molecule has 9 nitrogen and oxygen atoms in total. The van der Waals surface area contributed by atoms with Crippen LogP contribution in [0.1, 0.15) is 12.8 Å². The van der Waals surface area contributed by atoms with E-state index >= 15 is 0 Å². The SMILES string of the molecule is O=C[C@@H](CCC(=O)O)Nc1cc2c(=O)c3cc(O)c(O)cc3oc2cc1O. The number of aromatic hydroxyl groups is 3. The Hall–Kier alpha value is -3.75. The maximum Gasteiger partial charge on any atom is 0.303 e. The molecule has 3 rings (SSSR count). The molecule has 0 amide bonds. The van der Waals surface area contributed by atoms with Crippen LogP contribution in [0.15, 0.2) is 33.5 Å². The number of aldehydes is 1. The molecule has 27 heavy (non-hydrogen) atoms. The summed E-state index contributed by atoms with van der Waals surface area (Å²) in [5.74, 6) is -2.32. The number of phenols is 3. The van der Waals surface area contributed by atoms with E-state index in [4.69, 9.17) is 9.52 Å².